The molecule has 0 saturated carbocycles. The SMILES string of the molecule is Cc1ccc(Cl)cc1OCC(=O)Nc1ccc(F)cc1N. The normalized spacial score (nSPS) is 10.2. The van der Waals surface area contributed by atoms with Crippen LogP contribution in [0.5, 0.6) is 5.75 Å². The van der Waals surface area contributed by atoms with E-state index in [9.17, 15) is 9.18 Å². The van der Waals surface area contributed by atoms with Gasteiger partial charge in [-0.1, -0.05) is 17.7 Å². The van der Waals surface area contributed by atoms with E-state index in [1.54, 1.807) is 18.2 Å². The summed E-state index contributed by atoms with van der Waals surface area (Å²) < 4.78 is 18.3. The molecule has 0 aliphatic heterocycles. The predicted molar refractivity (Wildman–Crippen MR) is 81.1 cm³/mol. The third kappa shape index (κ3) is 4.10. The Morgan fingerprint density at radius 2 is 2.10 bits per heavy atom. The van der Waals surface area contributed by atoms with Gasteiger partial charge in [-0.05, 0) is 42.8 Å². The van der Waals surface area contributed by atoms with Crippen LogP contribution in [-0.2, 0) is 4.79 Å². The van der Waals surface area contributed by atoms with Crippen molar-refractivity contribution in [1.82, 2.24) is 0 Å². The number of halogens is 2. The summed E-state index contributed by atoms with van der Waals surface area (Å²) in [4.78, 5) is 11.8. The molecule has 0 saturated heterocycles. The molecule has 0 atom stereocenters. The Morgan fingerprint density at radius 3 is 2.81 bits per heavy atom. The number of benzene rings is 2. The van der Waals surface area contributed by atoms with E-state index in [1.165, 1.54) is 12.1 Å². The van der Waals surface area contributed by atoms with E-state index in [2.05, 4.69) is 5.32 Å². The molecule has 2 rings (SSSR count). The maximum atomic E-state index is 12.9. The van der Waals surface area contributed by atoms with E-state index < -0.39 is 11.7 Å². The highest BCUT2D eigenvalue weighted by Crippen LogP contribution is 2.23. The second kappa shape index (κ2) is 6.45. The van der Waals surface area contributed by atoms with Gasteiger partial charge in [-0.3, -0.25) is 4.79 Å². The Hall–Kier alpha value is -2.27. The second-order valence-corrected chi connectivity index (χ2v) is 4.91. The van der Waals surface area contributed by atoms with Crippen molar-refractivity contribution in [2.45, 2.75) is 6.92 Å². The third-order valence-electron chi connectivity index (χ3n) is 2.80. The van der Waals surface area contributed by atoms with Crippen molar-refractivity contribution in [2.75, 3.05) is 17.7 Å². The van der Waals surface area contributed by atoms with Crippen LogP contribution < -0.4 is 15.8 Å². The fourth-order valence-corrected chi connectivity index (χ4v) is 1.87. The summed E-state index contributed by atoms with van der Waals surface area (Å²) in [5, 5.41) is 3.08. The van der Waals surface area contributed by atoms with Crippen LogP contribution in [0.25, 0.3) is 0 Å². The van der Waals surface area contributed by atoms with Crippen LogP contribution in [0, 0.1) is 12.7 Å². The van der Waals surface area contributed by atoms with Gasteiger partial charge in [-0.2, -0.15) is 0 Å². The molecule has 2 aromatic rings. The van der Waals surface area contributed by atoms with E-state index in [-0.39, 0.29) is 12.3 Å². The maximum absolute atomic E-state index is 12.9. The standard InChI is InChI=1S/C15H14ClFN2O2/c1-9-2-3-10(16)6-14(9)21-8-15(20)19-13-5-4-11(17)7-12(13)18/h2-7H,8,18H2,1H3,(H,19,20). The Kier molecular flexibility index (Phi) is 4.65. The van der Waals surface area contributed by atoms with Crippen LogP contribution in [0.4, 0.5) is 15.8 Å². The molecule has 2 aromatic carbocycles. The van der Waals surface area contributed by atoms with Gasteiger partial charge in [0.1, 0.15) is 11.6 Å². The minimum absolute atomic E-state index is 0.155. The molecule has 0 fully saturated rings. The van der Waals surface area contributed by atoms with Gasteiger partial charge in [0.15, 0.2) is 6.61 Å². The van der Waals surface area contributed by atoms with Crippen molar-refractivity contribution in [3.8, 4) is 5.75 Å². The molecule has 3 N–H and O–H groups in total. The lowest BCUT2D eigenvalue weighted by Crippen LogP contribution is -2.21. The first-order valence-electron chi connectivity index (χ1n) is 6.19. The first-order valence-corrected chi connectivity index (χ1v) is 6.57. The van der Waals surface area contributed by atoms with E-state index in [0.717, 1.165) is 11.6 Å². The van der Waals surface area contributed by atoms with Gasteiger partial charge in [0.25, 0.3) is 5.91 Å². The summed E-state index contributed by atoms with van der Waals surface area (Å²) in [6, 6.07) is 8.92. The number of carbonyl (C=O) groups excluding carboxylic acids is 1. The molecule has 110 valence electrons. The minimum Gasteiger partial charge on any atom is -0.483 e. The van der Waals surface area contributed by atoms with E-state index in [0.29, 0.717) is 16.5 Å². The van der Waals surface area contributed by atoms with E-state index >= 15 is 0 Å². The smallest absolute Gasteiger partial charge is 0.262 e. The zero-order valence-corrected chi connectivity index (χ0v) is 12.1. The van der Waals surface area contributed by atoms with Gasteiger partial charge in [-0.15, -0.1) is 0 Å². The zero-order chi connectivity index (χ0) is 15.4. The molecule has 21 heavy (non-hydrogen) atoms. The summed E-state index contributed by atoms with van der Waals surface area (Å²) in [7, 11) is 0. The average Bonchev–Trinajstić information content (AvgIpc) is 2.43. The first-order chi connectivity index (χ1) is 9.95. The fourth-order valence-electron chi connectivity index (χ4n) is 1.71. The van der Waals surface area contributed by atoms with Crippen LogP contribution >= 0.6 is 11.6 Å². The van der Waals surface area contributed by atoms with Crippen molar-refractivity contribution >= 4 is 28.9 Å². The summed E-state index contributed by atoms with van der Waals surface area (Å²) in [6.45, 7) is 1.65. The van der Waals surface area contributed by atoms with Crippen molar-refractivity contribution in [3.05, 3.63) is 52.8 Å². The summed E-state index contributed by atoms with van der Waals surface area (Å²) in [5.41, 5.74) is 6.97. The first kappa shape index (κ1) is 15.1. The zero-order valence-electron chi connectivity index (χ0n) is 11.3. The van der Waals surface area contributed by atoms with Gasteiger partial charge < -0.3 is 15.8 Å². The maximum Gasteiger partial charge on any atom is 0.262 e. The number of nitrogens with two attached hydrogens (primary N) is 1. The van der Waals surface area contributed by atoms with Crippen LogP contribution in [0.1, 0.15) is 5.56 Å². The van der Waals surface area contributed by atoms with E-state index in [4.69, 9.17) is 22.1 Å². The van der Waals surface area contributed by atoms with Gasteiger partial charge in [0, 0.05) is 5.02 Å². The molecular formula is C15H14ClFN2O2. The minimum atomic E-state index is -0.462. The molecule has 6 heteroatoms. The predicted octanol–water partition coefficient (Wildman–Crippen LogP) is 3.39. The lowest BCUT2D eigenvalue weighted by molar-refractivity contribution is -0.118. The number of carbonyl (C=O) groups is 1. The molecule has 0 heterocycles. The van der Waals surface area contributed by atoms with Crippen LogP contribution in [-0.4, -0.2) is 12.5 Å². The van der Waals surface area contributed by atoms with Crippen molar-refractivity contribution in [1.29, 1.82) is 0 Å². The highest BCUT2D eigenvalue weighted by molar-refractivity contribution is 6.30. The largest absolute Gasteiger partial charge is 0.483 e. The fraction of sp³-hybridized carbons (Fsp3) is 0.133. The molecule has 0 aromatic heterocycles. The summed E-state index contributed by atoms with van der Waals surface area (Å²) in [5.74, 6) is -0.325. The van der Waals surface area contributed by atoms with Gasteiger partial charge in [0.05, 0.1) is 11.4 Å². The number of ether oxygens (including phenoxy) is 1. The second-order valence-electron chi connectivity index (χ2n) is 4.48. The summed E-state index contributed by atoms with van der Waals surface area (Å²) in [6.07, 6.45) is 0. The number of hydrogen-bond acceptors (Lipinski definition) is 3. The number of amides is 1. The van der Waals surface area contributed by atoms with Gasteiger partial charge in [0.2, 0.25) is 0 Å². The van der Waals surface area contributed by atoms with Gasteiger partial charge >= 0.3 is 0 Å². The number of aryl methyl sites for hydroxylation is 1. The quantitative estimate of drug-likeness (QED) is 0.851. The number of hydrogen-bond donors (Lipinski definition) is 2. The average molecular weight is 309 g/mol. The molecule has 4 nitrogen and oxygen atoms in total. The van der Waals surface area contributed by atoms with Gasteiger partial charge in [-0.25, -0.2) is 4.39 Å². The monoisotopic (exact) mass is 308 g/mol. The lowest BCUT2D eigenvalue weighted by atomic mass is 10.2. The third-order valence-corrected chi connectivity index (χ3v) is 3.03. The van der Waals surface area contributed by atoms with Crippen LogP contribution in [0.2, 0.25) is 5.02 Å². The number of rotatable bonds is 4. The molecular weight excluding hydrogens is 295 g/mol. The molecule has 0 radical (unpaired) electrons. The van der Waals surface area contributed by atoms with Crippen molar-refractivity contribution < 1.29 is 13.9 Å². The van der Waals surface area contributed by atoms with Crippen molar-refractivity contribution in [3.63, 3.8) is 0 Å². The molecule has 0 aliphatic carbocycles. The number of anilines is 2. The summed E-state index contributed by atoms with van der Waals surface area (Å²) >= 11 is 5.86. The molecule has 0 aliphatic rings. The van der Waals surface area contributed by atoms with Crippen molar-refractivity contribution in [2.24, 2.45) is 0 Å². The van der Waals surface area contributed by atoms with Crippen LogP contribution in [0.15, 0.2) is 36.4 Å². The Labute approximate surface area is 126 Å². The molecule has 1 amide bonds. The Morgan fingerprint density at radius 1 is 1.33 bits per heavy atom. The Balaban J connectivity index is 1.97. The molecule has 0 unspecified atom stereocenters. The highest BCUT2D eigenvalue weighted by Gasteiger charge is 2.08. The Bertz CT molecular complexity index is 677. The van der Waals surface area contributed by atoms with Crippen LogP contribution in [0.3, 0.4) is 0 Å². The van der Waals surface area contributed by atoms with E-state index in [1.807, 2.05) is 6.92 Å². The number of nitrogen functional groups attached to an aromatic ring is 1. The number of nitrogens with one attached hydrogen (secondary N) is 1. The highest BCUT2D eigenvalue weighted by atomic mass is 35.5. The molecule has 0 spiro atoms. The topological polar surface area (TPSA) is 64.3 Å². The molecule has 0 bridgehead atoms. The lowest BCUT2D eigenvalue weighted by Gasteiger charge is -2.11.